The van der Waals surface area contributed by atoms with Crippen molar-refractivity contribution in [1.29, 1.82) is 0 Å². The largest absolute Gasteiger partial charge is 0.490 e. The van der Waals surface area contributed by atoms with Crippen molar-refractivity contribution in [2.75, 3.05) is 11.9 Å². The zero-order valence-electron chi connectivity index (χ0n) is 14.2. The fraction of sp³-hybridized carbons (Fsp3) is 0.211. The van der Waals surface area contributed by atoms with Gasteiger partial charge in [0.05, 0.1) is 6.61 Å². The van der Waals surface area contributed by atoms with Crippen molar-refractivity contribution in [2.24, 2.45) is 0 Å². The van der Waals surface area contributed by atoms with Crippen LogP contribution in [0.2, 0.25) is 10.0 Å². The standard InChI is InChI=1S/C19H18Cl2N2O2S/c1-2-24-17-9-14(11-23-19-22-6-7-26-19)16(21)10-18(17)25-12-13-4-3-5-15(20)8-13/h3-10H,2,11-12H2,1H3,(H,22,23). The second-order valence-electron chi connectivity index (χ2n) is 5.43. The predicted octanol–water partition coefficient (Wildman–Crippen LogP) is 6.04. The van der Waals surface area contributed by atoms with Gasteiger partial charge in [-0.05, 0) is 36.2 Å². The zero-order valence-corrected chi connectivity index (χ0v) is 16.5. The van der Waals surface area contributed by atoms with Crippen molar-refractivity contribution < 1.29 is 9.47 Å². The first-order valence-corrected chi connectivity index (χ1v) is 9.75. The summed E-state index contributed by atoms with van der Waals surface area (Å²) in [6, 6.07) is 11.2. The molecule has 3 aromatic rings. The third-order valence-corrected chi connectivity index (χ3v) is 4.88. The molecule has 0 aliphatic rings. The van der Waals surface area contributed by atoms with Gasteiger partial charge >= 0.3 is 0 Å². The highest BCUT2D eigenvalue weighted by Crippen LogP contribution is 2.34. The number of hydrogen-bond acceptors (Lipinski definition) is 5. The highest BCUT2D eigenvalue weighted by Gasteiger charge is 2.12. The van der Waals surface area contributed by atoms with Gasteiger partial charge in [-0.15, -0.1) is 11.3 Å². The summed E-state index contributed by atoms with van der Waals surface area (Å²) in [6.07, 6.45) is 1.76. The molecule has 0 aliphatic heterocycles. The number of nitrogens with zero attached hydrogens (tertiary/aromatic N) is 1. The smallest absolute Gasteiger partial charge is 0.182 e. The predicted molar refractivity (Wildman–Crippen MR) is 108 cm³/mol. The van der Waals surface area contributed by atoms with Gasteiger partial charge in [0.15, 0.2) is 16.6 Å². The number of ether oxygens (including phenoxy) is 2. The van der Waals surface area contributed by atoms with Crippen LogP contribution in [-0.2, 0) is 13.2 Å². The molecule has 136 valence electrons. The summed E-state index contributed by atoms with van der Waals surface area (Å²) in [7, 11) is 0. The van der Waals surface area contributed by atoms with Crippen molar-refractivity contribution in [2.45, 2.75) is 20.1 Å². The Morgan fingerprint density at radius 3 is 2.69 bits per heavy atom. The molecule has 0 saturated heterocycles. The van der Waals surface area contributed by atoms with Crippen LogP contribution in [0, 0.1) is 0 Å². The van der Waals surface area contributed by atoms with Crippen molar-refractivity contribution in [3.63, 3.8) is 0 Å². The monoisotopic (exact) mass is 408 g/mol. The van der Waals surface area contributed by atoms with E-state index in [4.69, 9.17) is 32.7 Å². The van der Waals surface area contributed by atoms with E-state index in [1.165, 1.54) is 0 Å². The van der Waals surface area contributed by atoms with E-state index < -0.39 is 0 Å². The number of hydrogen-bond donors (Lipinski definition) is 1. The van der Waals surface area contributed by atoms with Gasteiger partial charge in [-0.25, -0.2) is 4.98 Å². The fourth-order valence-corrected chi connectivity index (χ4v) is 3.32. The molecule has 0 fully saturated rings. The van der Waals surface area contributed by atoms with Crippen molar-refractivity contribution >= 4 is 39.7 Å². The molecule has 1 aromatic heterocycles. The van der Waals surface area contributed by atoms with E-state index >= 15 is 0 Å². The summed E-state index contributed by atoms with van der Waals surface area (Å²) in [5.41, 5.74) is 1.89. The molecular weight excluding hydrogens is 391 g/mol. The van der Waals surface area contributed by atoms with Gasteiger partial charge in [0.2, 0.25) is 0 Å². The van der Waals surface area contributed by atoms with Crippen LogP contribution in [0.5, 0.6) is 11.5 Å². The zero-order chi connectivity index (χ0) is 18.4. The lowest BCUT2D eigenvalue weighted by Gasteiger charge is -2.15. The van der Waals surface area contributed by atoms with E-state index in [0.717, 1.165) is 16.3 Å². The molecule has 0 unspecified atom stereocenters. The van der Waals surface area contributed by atoms with E-state index in [1.54, 1.807) is 23.6 Å². The minimum Gasteiger partial charge on any atom is -0.490 e. The van der Waals surface area contributed by atoms with Crippen molar-refractivity contribution in [3.05, 3.63) is 69.1 Å². The lowest BCUT2D eigenvalue weighted by atomic mass is 10.2. The van der Waals surface area contributed by atoms with Crippen LogP contribution in [0.3, 0.4) is 0 Å². The number of thiazole rings is 1. The van der Waals surface area contributed by atoms with Crippen LogP contribution >= 0.6 is 34.5 Å². The molecule has 7 heteroatoms. The normalized spacial score (nSPS) is 10.6. The van der Waals surface area contributed by atoms with Crippen LogP contribution in [0.15, 0.2) is 48.0 Å². The lowest BCUT2D eigenvalue weighted by molar-refractivity contribution is 0.269. The summed E-state index contributed by atoms with van der Waals surface area (Å²) in [5.74, 6) is 1.27. The van der Waals surface area contributed by atoms with Crippen molar-refractivity contribution in [1.82, 2.24) is 4.98 Å². The molecular formula is C19H18Cl2N2O2S. The Morgan fingerprint density at radius 1 is 1.12 bits per heavy atom. The number of anilines is 1. The third-order valence-electron chi connectivity index (χ3n) is 3.56. The number of aromatic nitrogens is 1. The highest BCUT2D eigenvalue weighted by atomic mass is 35.5. The Labute approximate surface area is 166 Å². The molecule has 0 bridgehead atoms. The molecule has 2 aromatic carbocycles. The molecule has 0 atom stereocenters. The maximum Gasteiger partial charge on any atom is 0.182 e. The Hall–Kier alpha value is -1.95. The average molecular weight is 409 g/mol. The quantitative estimate of drug-likeness (QED) is 0.493. The van der Waals surface area contributed by atoms with E-state index in [2.05, 4.69) is 10.3 Å². The molecule has 0 aliphatic carbocycles. The maximum absolute atomic E-state index is 6.44. The average Bonchev–Trinajstić information content (AvgIpc) is 3.14. The molecule has 1 N–H and O–H groups in total. The summed E-state index contributed by atoms with van der Waals surface area (Å²) < 4.78 is 11.6. The van der Waals surface area contributed by atoms with Gasteiger partial charge in [0.1, 0.15) is 6.61 Å². The van der Waals surface area contributed by atoms with Crippen LogP contribution in [0.1, 0.15) is 18.1 Å². The third kappa shape index (κ3) is 5.04. The SMILES string of the molecule is CCOc1cc(CNc2nccs2)c(Cl)cc1OCc1cccc(Cl)c1. The van der Waals surface area contributed by atoms with Gasteiger partial charge in [0.25, 0.3) is 0 Å². The Balaban J connectivity index is 1.75. The van der Waals surface area contributed by atoms with Crippen LogP contribution in [0.25, 0.3) is 0 Å². The Kier molecular flexibility index (Phi) is 6.61. The maximum atomic E-state index is 6.44. The number of benzene rings is 2. The molecule has 0 spiro atoms. The van der Waals surface area contributed by atoms with E-state index in [9.17, 15) is 0 Å². The molecule has 0 amide bonds. The molecule has 0 saturated carbocycles. The van der Waals surface area contributed by atoms with E-state index in [-0.39, 0.29) is 0 Å². The number of halogens is 2. The fourth-order valence-electron chi connectivity index (χ4n) is 2.36. The summed E-state index contributed by atoms with van der Waals surface area (Å²) in [4.78, 5) is 4.20. The Morgan fingerprint density at radius 2 is 1.96 bits per heavy atom. The van der Waals surface area contributed by atoms with Crippen LogP contribution in [0.4, 0.5) is 5.13 Å². The number of nitrogens with one attached hydrogen (secondary N) is 1. The van der Waals surface area contributed by atoms with Crippen molar-refractivity contribution in [3.8, 4) is 11.5 Å². The minimum absolute atomic E-state index is 0.383. The molecule has 3 rings (SSSR count). The first-order chi connectivity index (χ1) is 12.7. The molecule has 0 radical (unpaired) electrons. The molecule has 1 heterocycles. The molecule has 4 nitrogen and oxygen atoms in total. The van der Waals surface area contributed by atoms with Gasteiger partial charge in [-0.2, -0.15) is 0 Å². The van der Waals surface area contributed by atoms with Crippen LogP contribution < -0.4 is 14.8 Å². The van der Waals surface area contributed by atoms with Gasteiger partial charge in [-0.3, -0.25) is 0 Å². The topological polar surface area (TPSA) is 43.4 Å². The van der Waals surface area contributed by atoms with E-state index in [1.807, 2.05) is 42.6 Å². The second-order valence-corrected chi connectivity index (χ2v) is 7.17. The second kappa shape index (κ2) is 9.12. The summed E-state index contributed by atoms with van der Waals surface area (Å²) in [5, 5.41) is 7.30. The van der Waals surface area contributed by atoms with Gasteiger partial charge in [0, 0.05) is 34.2 Å². The summed E-state index contributed by atoms with van der Waals surface area (Å²) in [6.45, 7) is 3.41. The summed E-state index contributed by atoms with van der Waals surface area (Å²) >= 11 is 14.0. The van der Waals surface area contributed by atoms with Crippen LogP contribution in [-0.4, -0.2) is 11.6 Å². The molecule has 26 heavy (non-hydrogen) atoms. The van der Waals surface area contributed by atoms with Gasteiger partial charge < -0.3 is 14.8 Å². The Bertz CT molecular complexity index is 857. The lowest BCUT2D eigenvalue weighted by Crippen LogP contribution is -2.04. The number of rotatable bonds is 8. The highest BCUT2D eigenvalue weighted by molar-refractivity contribution is 7.13. The minimum atomic E-state index is 0.383. The first-order valence-electron chi connectivity index (χ1n) is 8.11. The van der Waals surface area contributed by atoms with Gasteiger partial charge in [-0.1, -0.05) is 35.3 Å². The van der Waals surface area contributed by atoms with E-state index in [0.29, 0.717) is 41.3 Å². The first kappa shape index (κ1) is 18.8.